The van der Waals surface area contributed by atoms with E-state index in [4.69, 9.17) is 9.47 Å². The number of carbonyl (C=O) groups is 1. The molecular formula is C41H11F15N8O3. The number of aromatic nitrogens is 8. The molecule has 11 nitrogen and oxygen atoms in total. The lowest BCUT2D eigenvalue weighted by molar-refractivity contribution is 0.0526. The van der Waals surface area contributed by atoms with Gasteiger partial charge in [-0.2, -0.15) is 4.39 Å². The van der Waals surface area contributed by atoms with Crippen LogP contribution in [0.3, 0.4) is 0 Å². The molecule has 8 aromatic rings. The van der Waals surface area contributed by atoms with Crippen molar-refractivity contribution in [1.82, 2.24) is 39.7 Å². The Balaban J connectivity index is 1.44. The molecule has 2 aliphatic heterocycles. The van der Waals surface area contributed by atoms with Gasteiger partial charge in [0, 0.05) is 5.56 Å². The highest BCUT2D eigenvalue weighted by atomic mass is 19.2. The molecule has 0 spiro atoms. The molecule has 2 aliphatic rings. The van der Waals surface area contributed by atoms with Crippen LogP contribution < -0.4 is 4.74 Å². The summed E-state index contributed by atoms with van der Waals surface area (Å²) in [5, 5.41) is -5.70. The predicted octanol–water partition coefficient (Wildman–Crippen LogP) is 11.0. The summed E-state index contributed by atoms with van der Waals surface area (Å²) in [5.41, 5.74) is -11.1. The number of H-pyrrole nitrogens is 1. The van der Waals surface area contributed by atoms with Gasteiger partial charge in [0.2, 0.25) is 5.82 Å². The van der Waals surface area contributed by atoms with E-state index >= 15 is 39.6 Å². The third-order valence-corrected chi connectivity index (χ3v) is 10.3. The van der Waals surface area contributed by atoms with Gasteiger partial charge >= 0.3 is 5.97 Å². The quantitative estimate of drug-likeness (QED) is 0.0792. The summed E-state index contributed by atoms with van der Waals surface area (Å²) in [6.07, 6.45) is 0. The van der Waals surface area contributed by atoms with E-state index < -0.39 is 193 Å². The molecular weight excluding hydrogens is 937 g/mol. The van der Waals surface area contributed by atoms with Gasteiger partial charge in [-0.05, 0) is 37.3 Å². The van der Waals surface area contributed by atoms with Crippen LogP contribution in [0.25, 0.3) is 89.7 Å². The minimum atomic E-state index is -2.63. The largest absolute Gasteiger partial charge is 0.462 e. The molecule has 0 fully saturated rings. The molecule has 338 valence electrons. The molecule has 3 aromatic heterocycles. The zero-order valence-corrected chi connectivity index (χ0v) is 32.1. The Labute approximate surface area is 357 Å². The van der Waals surface area contributed by atoms with Crippen molar-refractivity contribution in [3.05, 3.63) is 117 Å². The number of aromatic amines is 1. The molecule has 26 heteroatoms. The first-order valence-electron chi connectivity index (χ1n) is 18.4. The Morgan fingerprint density at radius 3 is 1.57 bits per heavy atom. The van der Waals surface area contributed by atoms with Crippen molar-refractivity contribution in [3.8, 4) is 57.1 Å². The van der Waals surface area contributed by atoms with Gasteiger partial charge in [0.1, 0.15) is 17.0 Å². The summed E-state index contributed by atoms with van der Waals surface area (Å²) in [5.74, 6) is -41.0. The molecule has 0 unspecified atom stereocenters. The van der Waals surface area contributed by atoms with E-state index in [1.165, 1.54) is 6.92 Å². The summed E-state index contributed by atoms with van der Waals surface area (Å²) >= 11 is 0. The molecule has 10 rings (SSSR count). The van der Waals surface area contributed by atoms with Crippen molar-refractivity contribution < 1.29 is 80.2 Å². The fourth-order valence-corrected chi connectivity index (χ4v) is 7.34. The zero-order chi connectivity index (χ0) is 47.8. The molecule has 5 heterocycles. The van der Waals surface area contributed by atoms with Gasteiger partial charge in [-0.1, -0.05) is 4.48 Å². The number of hydrogen-bond donors (Lipinski definition) is 1. The van der Waals surface area contributed by atoms with Crippen LogP contribution >= 0.6 is 0 Å². The van der Waals surface area contributed by atoms with E-state index in [1.54, 1.807) is 0 Å². The Morgan fingerprint density at radius 1 is 0.522 bits per heavy atom. The maximum Gasteiger partial charge on any atom is 0.338 e. The monoisotopic (exact) mass is 948 g/mol. The van der Waals surface area contributed by atoms with Gasteiger partial charge in [-0.25, -0.2) is 91.8 Å². The first-order valence-corrected chi connectivity index (χ1v) is 18.4. The van der Waals surface area contributed by atoms with E-state index in [0.717, 1.165) is 24.3 Å². The number of hydrogen-bond acceptors (Lipinski definition) is 9. The Morgan fingerprint density at radius 2 is 0.985 bits per heavy atom. The van der Waals surface area contributed by atoms with Crippen LogP contribution in [-0.2, 0) is 4.74 Å². The number of nitrogens with zero attached hydrogens (tertiary/aromatic N) is 7. The maximum absolute atomic E-state index is 16.6. The third kappa shape index (κ3) is 6.00. The molecule has 0 atom stereocenters. The van der Waals surface area contributed by atoms with Crippen LogP contribution in [0.1, 0.15) is 17.3 Å². The van der Waals surface area contributed by atoms with Crippen LogP contribution in [-0.4, -0.2) is 52.3 Å². The van der Waals surface area contributed by atoms with Crippen LogP contribution in [0.5, 0.6) is 11.5 Å². The van der Waals surface area contributed by atoms with Gasteiger partial charge in [0.15, 0.2) is 116 Å². The second-order valence-electron chi connectivity index (χ2n) is 14.0. The molecule has 5 aromatic carbocycles. The van der Waals surface area contributed by atoms with E-state index in [-0.39, 0.29) is 18.2 Å². The van der Waals surface area contributed by atoms with Gasteiger partial charge in [-0.3, -0.25) is 0 Å². The number of fused-ring (bicyclic) bond motifs is 20. The van der Waals surface area contributed by atoms with E-state index in [2.05, 4.69) is 34.9 Å². The van der Waals surface area contributed by atoms with Crippen molar-refractivity contribution in [1.29, 1.82) is 0 Å². The summed E-state index contributed by atoms with van der Waals surface area (Å²) in [7, 11) is 0. The molecule has 0 amide bonds. The highest BCUT2D eigenvalue weighted by Gasteiger charge is 2.37. The number of rotatable bonds is 4. The predicted molar refractivity (Wildman–Crippen MR) is 198 cm³/mol. The van der Waals surface area contributed by atoms with E-state index in [0.29, 0.717) is 0 Å². The fraction of sp³-hybridized carbons (Fsp3) is 0.0488. The number of halogens is 15. The highest BCUT2D eigenvalue weighted by Crippen LogP contribution is 2.45. The average Bonchev–Trinajstić information content (AvgIpc) is 4.03. The maximum atomic E-state index is 16.6. The first kappa shape index (κ1) is 42.6. The van der Waals surface area contributed by atoms with Crippen molar-refractivity contribution in [2.24, 2.45) is 0 Å². The van der Waals surface area contributed by atoms with Gasteiger partial charge in [0.05, 0.1) is 50.4 Å². The lowest BCUT2D eigenvalue weighted by Gasteiger charge is -2.10. The van der Waals surface area contributed by atoms with Crippen molar-refractivity contribution in [2.75, 3.05) is 6.61 Å². The number of benzene rings is 5. The average molecular weight is 949 g/mol. The lowest BCUT2D eigenvalue weighted by Crippen LogP contribution is -2.04. The molecule has 0 aliphatic carbocycles. The Hall–Kier alpha value is -8.32. The number of nitrogens with one attached hydrogen (secondary N) is 1. The van der Waals surface area contributed by atoms with Crippen LogP contribution in [0.15, 0.2) is 30.3 Å². The van der Waals surface area contributed by atoms with E-state index in [9.17, 15) is 31.1 Å². The summed E-state index contributed by atoms with van der Waals surface area (Å²) in [6.45, 7) is 1.46. The van der Waals surface area contributed by atoms with Crippen LogP contribution in [0.2, 0.25) is 0 Å². The van der Waals surface area contributed by atoms with Gasteiger partial charge in [-0.15, -0.1) is 4.79 Å². The van der Waals surface area contributed by atoms with E-state index in [1.807, 2.05) is 0 Å². The minimum absolute atomic E-state index is 0.0416. The van der Waals surface area contributed by atoms with Gasteiger partial charge in [0.25, 0.3) is 0 Å². The summed E-state index contributed by atoms with van der Waals surface area (Å²) < 4.78 is 243. The second kappa shape index (κ2) is 14.9. The van der Waals surface area contributed by atoms with Gasteiger partial charge < -0.3 is 14.5 Å². The minimum Gasteiger partial charge on any atom is -0.462 e. The molecule has 0 saturated heterocycles. The number of carbonyl (C=O) groups excluding carboxylic acids is 1. The summed E-state index contributed by atoms with van der Waals surface area (Å²) in [4.78, 5) is 35.7. The topological polar surface area (TPSA) is 134 Å². The molecule has 8 bridgehead atoms. The van der Waals surface area contributed by atoms with Crippen molar-refractivity contribution >= 4 is 50.1 Å². The Bertz CT molecular complexity index is 3790. The molecule has 67 heavy (non-hydrogen) atoms. The van der Waals surface area contributed by atoms with Crippen LogP contribution in [0, 0.1) is 81.4 Å². The zero-order valence-electron chi connectivity index (χ0n) is 32.1. The second-order valence-corrected chi connectivity index (χ2v) is 14.0. The lowest BCUT2D eigenvalue weighted by atomic mass is 10.1. The fourth-order valence-electron chi connectivity index (χ4n) is 7.34. The summed E-state index contributed by atoms with van der Waals surface area (Å²) in [6, 6.07) is 4.45. The normalized spacial score (nSPS) is 12.0. The standard InChI is InChI=1S/C41H11F15N8O3/c1-2-66-41(65)8-3-5-9(6-4-8)67-32-18-15(23(47)30(54)31(32)55)36-59-35-13-14(22(46)27(51)26(50)21(13)45)37(60-35)63-40-17-16(24(48)28(52)29(53)25(17)49)39(64(40)56)62-34-12-10(7-11(42)19(43)20(12)44)33(57-34)58-38(18)61-36/h3-7H,2H2,1H3,(H,57,58,59,60,61,62,63). The smallest absolute Gasteiger partial charge is 0.338 e. The first-order chi connectivity index (χ1) is 31.8. The molecule has 0 saturated carbocycles. The Kier molecular flexibility index (Phi) is 9.45. The van der Waals surface area contributed by atoms with Crippen LogP contribution in [0.4, 0.5) is 65.9 Å². The van der Waals surface area contributed by atoms with Crippen molar-refractivity contribution in [3.63, 3.8) is 0 Å². The third-order valence-electron chi connectivity index (χ3n) is 10.3. The number of esters is 1. The number of ether oxygens (including phenoxy) is 2. The van der Waals surface area contributed by atoms with Crippen molar-refractivity contribution in [2.45, 2.75) is 6.92 Å². The molecule has 1 N–H and O–H groups in total. The SMILES string of the molecule is CCOC(=O)c1ccc(Oc2c(F)c(F)c(F)c3c4nc5nc(nc6c7c(F)c(F)c(F)c(F)c7c(nc7nc(nc([nH]4)c23)-c2cc(F)c(F)c(F)c2-7)n6F)-c2c(F)c(F)c(F)c(F)c2-5)cc1. The highest BCUT2D eigenvalue weighted by molar-refractivity contribution is 6.10. The molecule has 0 radical (unpaired) electrons.